The Kier molecular flexibility index (Phi) is 2.89. The minimum absolute atomic E-state index is 0.276. The quantitative estimate of drug-likeness (QED) is 0.599. The zero-order valence-corrected chi connectivity index (χ0v) is 8.55. The van der Waals surface area contributed by atoms with Gasteiger partial charge in [-0.15, -0.1) is 0 Å². The number of ketones is 1. The van der Waals surface area contributed by atoms with Crippen molar-refractivity contribution in [1.82, 2.24) is 0 Å². The second kappa shape index (κ2) is 3.56. The van der Waals surface area contributed by atoms with E-state index in [-0.39, 0.29) is 5.92 Å². The summed E-state index contributed by atoms with van der Waals surface area (Å²) in [5, 5.41) is 0. The van der Waals surface area contributed by atoms with Gasteiger partial charge >= 0.3 is 0 Å². The van der Waals surface area contributed by atoms with Crippen molar-refractivity contribution in [2.45, 2.75) is 46.2 Å². The van der Waals surface area contributed by atoms with Gasteiger partial charge in [0.25, 0.3) is 0 Å². The molecule has 3 atom stereocenters. The van der Waals surface area contributed by atoms with Gasteiger partial charge < -0.3 is 4.90 Å². The maximum absolute atomic E-state index is 11.4. The van der Waals surface area contributed by atoms with Crippen LogP contribution in [-0.2, 0) is 4.79 Å². The van der Waals surface area contributed by atoms with Gasteiger partial charge in [0.2, 0.25) is 0 Å². The predicted molar refractivity (Wildman–Crippen MR) is 49.2 cm³/mol. The van der Waals surface area contributed by atoms with Crippen LogP contribution in [0, 0.1) is 5.92 Å². The summed E-state index contributed by atoms with van der Waals surface area (Å²) >= 11 is 0. The van der Waals surface area contributed by atoms with Crippen LogP contribution in [0.5, 0.6) is 0 Å². The predicted octanol–water partition coefficient (Wildman–Crippen LogP) is 0.277. The van der Waals surface area contributed by atoms with E-state index in [1.165, 1.54) is 0 Å². The van der Waals surface area contributed by atoms with Gasteiger partial charge in [-0.3, -0.25) is 4.79 Å². The number of hydrogen-bond donors (Lipinski definition) is 1. The topological polar surface area (TPSA) is 21.5 Å². The summed E-state index contributed by atoms with van der Waals surface area (Å²) in [6.45, 7) is 9.72. The molecule has 1 aliphatic rings. The fourth-order valence-corrected chi connectivity index (χ4v) is 2.11. The summed E-state index contributed by atoms with van der Waals surface area (Å²) in [7, 11) is 0. The molecular weight excluding hydrogens is 150 g/mol. The standard InChI is InChI=1S/C10H19NO/c1-7(2)11-6-8(3)10(12)5-9(11)4/h7-9H,5-6H2,1-4H3/p+1/t8-,9+/m0/s1. The minimum Gasteiger partial charge on any atom is -0.330 e. The third-order valence-corrected chi connectivity index (χ3v) is 2.97. The molecule has 12 heavy (non-hydrogen) atoms. The highest BCUT2D eigenvalue weighted by Crippen LogP contribution is 2.06. The first-order chi connectivity index (χ1) is 5.52. The lowest BCUT2D eigenvalue weighted by atomic mass is 9.92. The highest BCUT2D eigenvalue weighted by Gasteiger charge is 2.33. The lowest BCUT2D eigenvalue weighted by Crippen LogP contribution is -3.20. The lowest BCUT2D eigenvalue weighted by Gasteiger charge is -2.35. The average Bonchev–Trinajstić information content (AvgIpc) is 1.96. The molecule has 0 bridgehead atoms. The van der Waals surface area contributed by atoms with E-state index in [9.17, 15) is 4.79 Å². The Bertz CT molecular complexity index is 177. The molecule has 0 amide bonds. The van der Waals surface area contributed by atoms with Crippen molar-refractivity contribution < 1.29 is 9.69 Å². The Morgan fingerprint density at radius 3 is 2.50 bits per heavy atom. The van der Waals surface area contributed by atoms with Crippen LogP contribution in [0.3, 0.4) is 0 Å². The van der Waals surface area contributed by atoms with Crippen molar-refractivity contribution in [3.8, 4) is 0 Å². The van der Waals surface area contributed by atoms with Crippen molar-refractivity contribution in [1.29, 1.82) is 0 Å². The van der Waals surface area contributed by atoms with Crippen molar-refractivity contribution >= 4 is 5.78 Å². The molecule has 2 heteroatoms. The number of Topliss-reactive ketones (excluding diaryl/α,β-unsaturated/α-hetero) is 1. The molecule has 0 radical (unpaired) electrons. The third-order valence-electron chi connectivity index (χ3n) is 2.97. The number of piperidine rings is 1. The van der Waals surface area contributed by atoms with E-state index in [4.69, 9.17) is 0 Å². The molecular formula is C10H20NO+. The number of likely N-dealkylation sites (tertiary alicyclic amines) is 1. The van der Waals surface area contributed by atoms with E-state index in [1.807, 2.05) is 0 Å². The lowest BCUT2D eigenvalue weighted by molar-refractivity contribution is -0.948. The van der Waals surface area contributed by atoms with E-state index in [1.54, 1.807) is 4.90 Å². The van der Waals surface area contributed by atoms with E-state index in [0.717, 1.165) is 13.0 Å². The zero-order chi connectivity index (χ0) is 9.30. The molecule has 0 aromatic heterocycles. The smallest absolute Gasteiger partial charge is 0.147 e. The normalized spacial score (nSPS) is 37.4. The van der Waals surface area contributed by atoms with Crippen molar-refractivity contribution in [2.75, 3.05) is 6.54 Å². The van der Waals surface area contributed by atoms with Gasteiger partial charge in [0.1, 0.15) is 5.78 Å². The number of carbonyl (C=O) groups excluding carboxylic acids is 1. The first-order valence-corrected chi connectivity index (χ1v) is 4.90. The Balaban J connectivity index is 2.61. The van der Waals surface area contributed by atoms with E-state index < -0.39 is 0 Å². The highest BCUT2D eigenvalue weighted by molar-refractivity contribution is 5.81. The van der Waals surface area contributed by atoms with Gasteiger partial charge in [-0.25, -0.2) is 0 Å². The summed E-state index contributed by atoms with van der Waals surface area (Å²) in [4.78, 5) is 12.9. The summed E-state index contributed by atoms with van der Waals surface area (Å²) < 4.78 is 0. The summed E-state index contributed by atoms with van der Waals surface area (Å²) in [5.41, 5.74) is 0. The fraction of sp³-hybridized carbons (Fsp3) is 0.900. The van der Waals surface area contributed by atoms with Crippen molar-refractivity contribution in [2.24, 2.45) is 5.92 Å². The van der Waals surface area contributed by atoms with Crippen LogP contribution in [-0.4, -0.2) is 24.4 Å². The second-order valence-electron chi connectivity index (χ2n) is 4.41. The molecule has 1 rings (SSSR count). The molecule has 1 fully saturated rings. The number of quaternary nitrogens is 1. The van der Waals surface area contributed by atoms with Gasteiger partial charge in [-0.1, -0.05) is 6.92 Å². The SMILES string of the molecule is CC(C)[NH+]1C[C@H](C)C(=O)C[C@H]1C. The summed E-state index contributed by atoms with van der Waals surface area (Å²) in [5.74, 6) is 0.727. The Morgan fingerprint density at radius 1 is 1.42 bits per heavy atom. The molecule has 1 saturated heterocycles. The van der Waals surface area contributed by atoms with Crippen LogP contribution >= 0.6 is 0 Å². The molecule has 0 aromatic carbocycles. The molecule has 1 heterocycles. The largest absolute Gasteiger partial charge is 0.330 e. The van der Waals surface area contributed by atoms with Gasteiger partial charge in [-0.2, -0.15) is 0 Å². The maximum Gasteiger partial charge on any atom is 0.147 e. The van der Waals surface area contributed by atoms with Crippen molar-refractivity contribution in [3.63, 3.8) is 0 Å². The van der Waals surface area contributed by atoms with Crippen LogP contribution in [0.2, 0.25) is 0 Å². The van der Waals surface area contributed by atoms with Crippen LogP contribution in [0.15, 0.2) is 0 Å². The molecule has 0 aromatic rings. The summed E-state index contributed by atoms with van der Waals surface area (Å²) in [6.07, 6.45) is 0.772. The number of hydrogen-bond acceptors (Lipinski definition) is 1. The molecule has 2 nitrogen and oxygen atoms in total. The van der Waals surface area contributed by atoms with Crippen LogP contribution < -0.4 is 4.90 Å². The second-order valence-corrected chi connectivity index (χ2v) is 4.41. The molecule has 70 valence electrons. The third kappa shape index (κ3) is 1.86. The molecule has 1 N–H and O–H groups in total. The first kappa shape index (κ1) is 9.72. The Hall–Kier alpha value is -0.370. The molecule has 0 saturated carbocycles. The van der Waals surface area contributed by atoms with E-state index >= 15 is 0 Å². The Labute approximate surface area is 74.9 Å². The van der Waals surface area contributed by atoms with Gasteiger partial charge in [-0.05, 0) is 20.8 Å². The molecule has 0 spiro atoms. The van der Waals surface area contributed by atoms with E-state index in [2.05, 4.69) is 27.7 Å². The first-order valence-electron chi connectivity index (χ1n) is 4.90. The Morgan fingerprint density at radius 2 is 2.00 bits per heavy atom. The van der Waals surface area contributed by atoms with Gasteiger partial charge in [0.15, 0.2) is 0 Å². The zero-order valence-electron chi connectivity index (χ0n) is 8.55. The van der Waals surface area contributed by atoms with Gasteiger partial charge in [0, 0.05) is 0 Å². The number of carbonyl (C=O) groups is 1. The summed E-state index contributed by atoms with van der Waals surface area (Å²) in [6, 6.07) is 1.17. The molecule has 1 unspecified atom stereocenters. The van der Waals surface area contributed by atoms with Crippen LogP contribution in [0.4, 0.5) is 0 Å². The fourth-order valence-electron chi connectivity index (χ4n) is 2.11. The monoisotopic (exact) mass is 170 g/mol. The number of rotatable bonds is 1. The average molecular weight is 170 g/mol. The van der Waals surface area contributed by atoms with Crippen molar-refractivity contribution in [3.05, 3.63) is 0 Å². The van der Waals surface area contributed by atoms with E-state index in [0.29, 0.717) is 17.9 Å². The molecule has 0 aliphatic carbocycles. The van der Waals surface area contributed by atoms with Crippen LogP contribution in [0.25, 0.3) is 0 Å². The minimum atomic E-state index is 0.276. The highest BCUT2D eigenvalue weighted by atomic mass is 16.1. The number of nitrogens with one attached hydrogen (secondary N) is 1. The van der Waals surface area contributed by atoms with Gasteiger partial charge in [0.05, 0.1) is 31.0 Å². The maximum atomic E-state index is 11.4. The molecule has 1 aliphatic heterocycles. The van der Waals surface area contributed by atoms with Crippen LogP contribution in [0.1, 0.15) is 34.1 Å².